The zero-order chi connectivity index (χ0) is 13.5. The van der Waals surface area contributed by atoms with Crippen LogP contribution in [-0.2, 0) is 19.9 Å². The van der Waals surface area contributed by atoms with Crippen molar-refractivity contribution >= 4 is 15.6 Å². The quantitative estimate of drug-likeness (QED) is 0.379. The molecule has 21 heavy (non-hydrogen) atoms. The van der Waals surface area contributed by atoms with E-state index >= 15 is 0 Å². The van der Waals surface area contributed by atoms with Crippen molar-refractivity contribution in [2.24, 2.45) is 5.73 Å². The van der Waals surface area contributed by atoms with Crippen molar-refractivity contribution in [3.8, 4) is 0 Å². The molecule has 100 valence electrons. The Morgan fingerprint density at radius 3 is 1.71 bits per heavy atom. The molecule has 0 amide bonds. The Morgan fingerprint density at radius 2 is 1.52 bits per heavy atom. The molecule has 1 heterocycles. The van der Waals surface area contributed by atoms with Crippen molar-refractivity contribution in [1.82, 2.24) is 9.97 Å². The number of hydrogen-bond donors (Lipinski definition) is 2. The van der Waals surface area contributed by atoms with Crippen LogP contribution in [0, 0.1) is 0 Å². The van der Waals surface area contributed by atoms with Gasteiger partial charge in [-0.25, -0.2) is 4.98 Å². The molecule has 0 aromatic carbocycles. The molecule has 1 rings (SSSR count). The number of aromatic amines is 1. The molecule has 3 N–H and O–H groups in total. The second kappa shape index (κ2) is 18.2. The molecule has 0 unspecified atom stereocenters. The maximum atomic E-state index is 9.32. The summed E-state index contributed by atoms with van der Waals surface area (Å²) >= 11 is 0. The normalized spacial score (nSPS) is 9.57. The van der Waals surface area contributed by atoms with E-state index in [9.17, 15) is 28.7 Å². The molecule has 16 heteroatoms. The molecular formula is C5H9N3Na4O7P2. The first-order valence-electron chi connectivity index (χ1n) is 4.07. The number of aromatic nitrogens is 2. The summed E-state index contributed by atoms with van der Waals surface area (Å²) in [7, 11) is -11.4. The average molecular weight is 377 g/mol. The third-order valence-electron chi connectivity index (χ3n) is 1.16. The van der Waals surface area contributed by atoms with E-state index in [0.29, 0.717) is 6.54 Å². The number of nitrogens with zero attached hydrogens (tertiary/aromatic N) is 1. The van der Waals surface area contributed by atoms with Crippen molar-refractivity contribution in [1.29, 1.82) is 0 Å². The molecule has 0 fully saturated rings. The summed E-state index contributed by atoms with van der Waals surface area (Å²) in [6.45, 7) is 0.671. The molecule has 10 nitrogen and oxygen atoms in total. The first kappa shape index (κ1) is 35.5. The predicted molar refractivity (Wildman–Crippen MR) is 47.6 cm³/mol. The first-order chi connectivity index (χ1) is 7.64. The minimum absolute atomic E-state index is 0. The number of rotatable bonds is 4. The summed E-state index contributed by atoms with van der Waals surface area (Å²) in [5, 5.41) is 0. The molecule has 0 aliphatic rings. The fraction of sp³-hybridized carbons (Fsp3) is 0.400. The van der Waals surface area contributed by atoms with Crippen molar-refractivity contribution in [3.63, 3.8) is 0 Å². The van der Waals surface area contributed by atoms with Crippen LogP contribution in [0.1, 0.15) is 5.69 Å². The van der Waals surface area contributed by atoms with Crippen molar-refractivity contribution in [3.05, 3.63) is 18.2 Å². The van der Waals surface area contributed by atoms with Crippen LogP contribution in [0.5, 0.6) is 0 Å². The maximum Gasteiger partial charge on any atom is 1.00 e. The molecule has 0 atom stereocenters. The van der Waals surface area contributed by atoms with Gasteiger partial charge in [-0.15, -0.1) is 0 Å². The standard InChI is InChI=1S/C5H9N3.4Na.H4O7P2/c6-2-1-5-3-7-4-8-5;;;;;1-8(2,3)7-9(4,5)6/h3-4H,1-2,6H2,(H,7,8);;;;;(H2,1,2,3)(H2,4,5,6)/q;4*+1;/p-4. The molecule has 1 aromatic heterocycles. The topological polar surface area (TPSA) is 190 Å². The van der Waals surface area contributed by atoms with Gasteiger partial charge in [0.1, 0.15) is 0 Å². The minimum Gasteiger partial charge on any atom is -0.790 e. The molecule has 0 spiro atoms. The van der Waals surface area contributed by atoms with E-state index in [1.807, 2.05) is 6.20 Å². The first-order valence-corrected chi connectivity index (χ1v) is 6.99. The molecule has 0 saturated heterocycles. The van der Waals surface area contributed by atoms with Gasteiger partial charge in [0.2, 0.25) is 0 Å². The van der Waals surface area contributed by atoms with Gasteiger partial charge in [-0.05, 0) is 6.54 Å². The smallest absolute Gasteiger partial charge is 0.790 e. The van der Waals surface area contributed by atoms with Gasteiger partial charge in [-0.1, -0.05) is 0 Å². The second-order valence-electron chi connectivity index (χ2n) is 2.58. The largest absolute Gasteiger partial charge is 1.00 e. The van der Waals surface area contributed by atoms with E-state index < -0.39 is 15.6 Å². The van der Waals surface area contributed by atoms with Gasteiger partial charge >= 0.3 is 118 Å². The van der Waals surface area contributed by atoms with Gasteiger partial charge in [0.15, 0.2) is 0 Å². The van der Waals surface area contributed by atoms with E-state index in [1.165, 1.54) is 0 Å². The molecule has 0 radical (unpaired) electrons. The Labute approximate surface area is 210 Å². The summed E-state index contributed by atoms with van der Waals surface area (Å²) in [6, 6.07) is 0. The summed E-state index contributed by atoms with van der Waals surface area (Å²) in [5.41, 5.74) is 6.30. The summed E-state index contributed by atoms with van der Waals surface area (Å²) in [5.74, 6) is 0. The van der Waals surface area contributed by atoms with Crippen LogP contribution in [0.4, 0.5) is 0 Å². The second-order valence-corrected chi connectivity index (χ2v) is 5.02. The number of nitrogens with one attached hydrogen (secondary N) is 1. The van der Waals surface area contributed by atoms with E-state index in [4.69, 9.17) is 5.73 Å². The molecule has 0 aliphatic carbocycles. The van der Waals surface area contributed by atoms with Gasteiger partial charge in [0.25, 0.3) is 0 Å². The van der Waals surface area contributed by atoms with Gasteiger partial charge in [0, 0.05) is 12.6 Å². The number of phosphoric acid groups is 2. The third-order valence-corrected chi connectivity index (χ3v) is 2.76. The Kier molecular flexibility index (Phi) is 30.8. The van der Waals surface area contributed by atoms with Crippen molar-refractivity contribution < 1.29 is 151 Å². The molecule has 0 aliphatic heterocycles. The van der Waals surface area contributed by atoms with Crippen LogP contribution in [0.25, 0.3) is 0 Å². The molecule has 1 aromatic rings. The summed E-state index contributed by atoms with van der Waals surface area (Å²) < 4.78 is 21.2. The third kappa shape index (κ3) is 28.5. The zero-order valence-corrected chi connectivity index (χ0v) is 22.1. The summed E-state index contributed by atoms with van der Waals surface area (Å²) in [6.07, 6.45) is 4.38. The van der Waals surface area contributed by atoms with E-state index in [1.54, 1.807) is 6.33 Å². The van der Waals surface area contributed by atoms with Crippen molar-refractivity contribution in [2.75, 3.05) is 6.54 Å². The van der Waals surface area contributed by atoms with Gasteiger partial charge in [-0.3, -0.25) is 0 Å². The number of H-pyrrole nitrogens is 1. The van der Waals surface area contributed by atoms with Gasteiger partial charge < -0.3 is 43.7 Å². The number of nitrogens with two attached hydrogens (primary N) is 1. The molecular weight excluding hydrogens is 368 g/mol. The molecule has 0 bridgehead atoms. The van der Waals surface area contributed by atoms with E-state index in [0.717, 1.165) is 12.1 Å². The van der Waals surface area contributed by atoms with Crippen LogP contribution >= 0.6 is 15.6 Å². The van der Waals surface area contributed by atoms with Crippen LogP contribution < -0.4 is 144 Å². The number of hydrogen-bond acceptors (Lipinski definition) is 9. The van der Waals surface area contributed by atoms with Gasteiger partial charge in [0.05, 0.1) is 27.7 Å². The van der Waals surface area contributed by atoms with E-state index in [-0.39, 0.29) is 118 Å². The minimum atomic E-state index is -5.68. The predicted octanol–water partition coefficient (Wildman–Crippen LogP) is -15.4. The fourth-order valence-corrected chi connectivity index (χ4v) is 1.68. The van der Waals surface area contributed by atoms with Crippen LogP contribution in [0.2, 0.25) is 0 Å². The Balaban J connectivity index is -0.0000000684. The van der Waals surface area contributed by atoms with Crippen LogP contribution in [-0.4, -0.2) is 16.5 Å². The summed E-state index contributed by atoms with van der Waals surface area (Å²) in [4.78, 5) is 44.1. The van der Waals surface area contributed by atoms with E-state index in [2.05, 4.69) is 14.3 Å². The average Bonchev–Trinajstić information content (AvgIpc) is 2.51. The SMILES string of the molecule is NCCc1c[nH]cn1.O=P([O-])([O-])OP(=O)([O-])[O-].[Na+].[Na+].[Na+].[Na+]. The molecule has 0 saturated carbocycles. The fourth-order valence-electron chi connectivity index (χ4n) is 0.698. The monoisotopic (exact) mass is 377 g/mol. The zero-order valence-electron chi connectivity index (χ0n) is 12.3. The number of imidazole rings is 1. The Morgan fingerprint density at radius 1 is 1.10 bits per heavy atom. The van der Waals surface area contributed by atoms with Gasteiger partial charge in [-0.2, -0.15) is 0 Å². The van der Waals surface area contributed by atoms with Crippen LogP contribution in [0.3, 0.4) is 0 Å². The Bertz CT molecular complexity index is 390. The maximum absolute atomic E-state index is 9.32. The van der Waals surface area contributed by atoms with Crippen LogP contribution in [0.15, 0.2) is 12.5 Å². The Hall–Kier alpha value is 3.43. The van der Waals surface area contributed by atoms with Crippen molar-refractivity contribution in [2.45, 2.75) is 6.42 Å².